The number of fused-ring (bicyclic) bond motifs is 1. The fourth-order valence-corrected chi connectivity index (χ4v) is 5.28. The fourth-order valence-electron chi connectivity index (χ4n) is 5.28. The van der Waals surface area contributed by atoms with Crippen LogP contribution in [0.3, 0.4) is 0 Å². The Balaban J connectivity index is 1.71. The van der Waals surface area contributed by atoms with Gasteiger partial charge in [-0.2, -0.15) is 0 Å². The zero-order valence-electron chi connectivity index (χ0n) is 11.1. The molecule has 2 aliphatic heterocycles. The molecule has 0 aromatic heterocycles. The van der Waals surface area contributed by atoms with Gasteiger partial charge in [0.05, 0.1) is 17.4 Å². The van der Waals surface area contributed by atoms with Gasteiger partial charge >= 0.3 is 5.97 Å². The van der Waals surface area contributed by atoms with Crippen molar-refractivity contribution in [3.63, 3.8) is 0 Å². The van der Waals surface area contributed by atoms with Crippen molar-refractivity contribution in [3.05, 3.63) is 11.1 Å². The highest BCUT2D eigenvalue weighted by Gasteiger charge is 2.88. The summed E-state index contributed by atoms with van der Waals surface area (Å²) in [6.07, 6.45) is 1.99. The zero-order valence-corrected chi connectivity index (χ0v) is 11.1. The zero-order chi connectivity index (χ0) is 13.2. The second-order valence-corrected chi connectivity index (χ2v) is 7.51. The number of esters is 1. The van der Waals surface area contributed by atoms with Gasteiger partial charge in [0.15, 0.2) is 5.78 Å². The number of Topliss-reactive ketones (excluding diaryl/α,β-unsaturated/α-hetero) is 1. The predicted molar refractivity (Wildman–Crippen MR) is 63.9 cm³/mol. The summed E-state index contributed by atoms with van der Waals surface area (Å²) < 4.78 is 11.1. The van der Waals surface area contributed by atoms with E-state index in [1.54, 1.807) is 0 Å². The van der Waals surface area contributed by atoms with E-state index in [0.29, 0.717) is 6.61 Å². The lowest BCUT2D eigenvalue weighted by atomic mass is 9.71. The number of ether oxygens (including phenoxy) is 2. The van der Waals surface area contributed by atoms with Gasteiger partial charge in [-0.25, -0.2) is 0 Å². The van der Waals surface area contributed by atoms with Gasteiger partial charge in [-0.15, -0.1) is 0 Å². The third-order valence-corrected chi connectivity index (χ3v) is 6.18. The summed E-state index contributed by atoms with van der Waals surface area (Å²) in [5.41, 5.74) is 1.35. The average Bonchev–Trinajstić information content (AvgIpc) is 2.70. The molecule has 5 aliphatic rings. The van der Waals surface area contributed by atoms with Crippen LogP contribution in [0.25, 0.3) is 0 Å². The first-order valence-corrected chi connectivity index (χ1v) is 7.02. The third kappa shape index (κ3) is 0.830. The third-order valence-electron chi connectivity index (χ3n) is 6.18. The van der Waals surface area contributed by atoms with Crippen LogP contribution < -0.4 is 0 Å². The van der Waals surface area contributed by atoms with E-state index in [4.69, 9.17) is 9.47 Å². The maximum absolute atomic E-state index is 12.6. The summed E-state index contributed by atoms with van der Waals surface area (Å²) in [4.78, 5) is 24.8. The summed E-state index contributed by atoms with van der Waals surface area (Å²) >= 11 is 0. The van der Waals surface area contributed by atoms with Gasteiger partial charge < -0.3 is 9.47 Å². The van der Waals surface area contributed by atoms with Crippen LogP contribution in [0.2, 0.25) is 0 Å². The average molecular weight is 260 g/mol. The second-order valence-electron chi connectivity index (χ2n) is 7.51. The van der Waals surface area contributed by atoms with E-state index >= 15 is 0 Å². The van der Waals surface area contributed by atoms with Crippen molar-refractivity contribution < 1.29 is 19.1 Å². The minimum atomic E-state index is -0.393. The van der Waals surface area contributed by atoms with Gasteiger partial charge in [-0.3, -0.25) is 9.59 Å². The van der Waals surface area contributed by atoms with Crippen LogP contribution in [0.5, 0.6) is 0 Å². The largest absolute Gasteiger partial charge is 0.435 e. The van der Waals surface area contributed by atoms with Crippen LogP contribution in [0.4, 0.5) is 0 Å². The van der Waals surface area contributed by atoms with Crippen molar-refractivity contribution in [2.75, 3.05) is 6.61 Å². The van der Waals surface area contributed by atoms with Gasteiger partial charge in [0, 0.05) is 16.9 Å². The summed E-state index contributed by atoms with van der Waals surface area (Å²) in [5.74, 6) is 0.277. The first-order chi connectivity index (χ1) is 8.92. The van der Waals surface area contributed by atoms with Crippen molar-refractivity contribution in [1.29, 1.82) is 0 Å². The molecule has 0 N–H and O–H groups in total. The molecule has 4 nitrogen and oxygen atoms in total. The van der Waals surface area contributed by atoms with Crippen LogP contribution >= 0.6 is 0 Å². The number of allylic oxidation sites excluding steroid dienone is 1. The lowest BCUT2D eigenvalue weighted by Crippen LogP contribution is -2.32. The highest BCUT2D eigenvalue weighted by atomic mass is 16.7. The van der Waals surface area contributed by atoms with Gasteiger partial charge in [0.1, 0.15) is 0 Å². The lowest BCUT2D eigenvalue weighted by Gasteiger charge is -2.26. The Morgan fingerprint density at radius 1 is 1.21 bits per heavy atom. The van der Waals surface area contributed by atoms with Crippen molar-refractivity contribution in [2.24, 2.45) is 22.2 Å². The molecule has 2 heterocycles. The quantitative estimate of drug-likeness (QED) is 0.621. The molecular formula is C15H16O4. The molecule has 4 atom stereocenters. The Kier molecular flexibility index (Phi) is 1.41. The Morgan fingerprint density at radius 3 is 2.79 bits per heavy atom. The summed E-state index contributed by atoms with van der Waals surface area (Å²) in [7, 11) is 0. The summed E-state index contributed by atoms with van der Waals surface area (Å²) in [5, 5.41) is 0. The lowest BCUT2D eigenvalue weighted by molar-refractivity contribution is -0.167. The van der Waals surface area contributed by atoms with Crippen molar-refractivity contribution in [1.82, 2.24) is 0 Å². The number of hydrogen-bond acceptors (Lipinski definition) is 4. The molecule has 4 heteroatoms. The number of hydrogen-bond donors (Lipinski definition) is 0. The molecule has 3 aliphatic carbocycles. The minimum Gasteiger partial charge on any atom is -0.435 e. The summed E-state index contributed by atoms with van der Waals surface area (Å²) in [6.45, 7) is 4.56. The molecule has 0 unspecified atom stereocenters. The molecular weight excluding hydrogens is 244 g/mol. The molecule has 19 heavy (non-hydrogen) atoms. The number of carbonyl (C=O) groups excluding carboxylic acids is 2. The van der Waals surface area contributed by atoms with E-state index in [1.165, 1.54) is 5.57 Å². The van der Waals surface area contributed by atoms with E-state index in [2.05, 4.69) is 0 Å². The first-order valence-electron chi connectivity index (χ1n) is 7.02. The standard InChI is InChI=1S/C15H16O4/c1-13(2)3-7-4-14-6-15(14)8(9(7)10(13)16)5-18-12(15)19-11(14)17/h8,12H,3-6H2,1-2H3/t8-,12+,14+,15+/m0/s1. The molecule has 0 radical (unpaired) electrons. The minimum absolute atomic E-state index is 0.0918. The number of rotatable bonds is 0. The Morgan fingerprint density at radius 2 is 2.00 bits per heavy atom. The second kappa shape index (κ2) is 2.53. The van der Waals surface area contributed by atoms with Crippen LogP contribution in [0.15, 0.2) is 11.1 Å². The molecule has 1 saturated carbocycles. The maximum atomic E-state index is 12.6. The van der Waals surface area contributed by atoms with Crippen molar-refractivity contribution in [3.8, 4) is 0 Å². The molecule has 0 amide bonds. The number of carbonyl (C=O) groups is 2. The molecule has 100 valence electrons. The highest BCUT2D eigenvalue weighted by Crippen LogP contribution is 2.83. The monoisotopic (exact) mass is 260 g/mol. The predicted octanol–water partition coefficient (Wildman–Crippen LogP) is 1.59. The molecule has 2 saturated heterocycles. The Hall–Kier alpha value is -1.16. The first kappa shape index (κ1) is 10.6. The van der Waals surface area contributed by atoms with Gasteiger partial charge in [-0.1, -0.05) is 19.4 Å². The molecule has 3 fully saturated rings. The van der Waals surface area contributed by atoms with Crippen molar-refractivity contribution >= 4 is 11.8 Å². The Bertz CT molecular complexity index is 601. The summed E-state index contributed by atoms with van der Waals surface area (Å²) in [6, 6.07) is 0. The van der Waals surface area contributed by atoms with Gasteiger partial charge in [-0.05, 0) is 19.3 Å². The molecule has 0 bridgehead atoms. The van der Waals surface area contributed by atoms with Crippen LogP contribution in [-0.2, 0) is 19.1 Å². The maximum Gasteiger partial charge on any atom is 0.315 e. The Labute approximate surface area is 111 Å². The molecule has 5 rings (SSSR count). The topological polar surface area (TPSA) is 52.6 Å². The molecule has 0 aromatic carbocycles. The van der Waals surface area contributed by atoms with Gasteiger partial charge in [0.2, 0.25) is 6.29 Å². The van der Waals surface area contributed by atoms with E-state index < -0.39 is 6.29 Å². The van der Waals surface area contributed by atoms with Crippen LogP contribution in [-0.4, -0.2) is 24.6 Å². The van der Waals surface area contributed by atoms with Crippen molar-refractivity contribution in [2.45, 2.75) is 39.4 Å². The highest BCUT2D eigenvalue weighted by molar-refractivity contribution is 6.05. The molecule has 1 spiro atoms. The SMILES string of the molecule is CC1(C)CC2=C(C1=O)[C@@H]1CO[C@@H]3OC(=O)[C@@]4(C2)C[C@]314. The van der Waals surface area contributed by atoms with Gasteiger partial charge in [0.25, 0.3) is 0 Å². The number of ketones is 1. The van der Waals surface area contributed by atoms with E-state index in [9.17, 15) is 9.59 Å². The smallest absolute Gasteiger partial charge is 0.315 e. The van der Waals surface area contributed by atoms with E-state index in [1.807, 2.05) is 13.8 Å². The van der Waals surface area contributed by atoms with Crippen LogP contribution in [0.1, 0.15) is 33.1 Å². The van der Waals surface area contributed by atoms with Crippen LogP contribution in [0, 0.1) is 22.2 Å². The van der Waals surface area contributed by atoms with E-state index in [0.717, 1.165) is 24.8 Å². The normalized spacial score (nSPS) is 51.9. The fraction of sp³-hybridized carbons (Fsp3) is 0.733. The molecule has 0 aromatic rings. The van der Waals surface area contributed by atoms with E-state index in [-0.39, 0.29) is 33.9 Å².